The first-order chi connectivity index (χ1) is 21.2. The number of unbranched alkanes of at least 4 members (excludes halogenated alkanes) is 1. The third-order valence-electron chi connectivity index (χ3n) is 9.68. The van der Waals surface area contributed by atoms with Crippen LogP contribution in [0.15, 0.2) is 56.9 Å². The van der Waals surface area contributed by atoms with Crippen molar-refractivity contribution in [3.8, 4) is 11.1 Å². The Labute approximate surface area is 259 Å². The molecule has 1 spiro atoms. The molecule has 2 aromatic carbocycles. The van der Waals surface area contributed by atoms with Crippen molar-refractivity contribution in [2.75, 3.05) is 4.72 Å². The summed E-state index contributed by atoms with van der Waals surface area (Å²) in [6.07, 6.45) is 8.15. The Morgan fingerprint density at radius 1 is 1.09 bits per heavy atom. The van der Waals surface area contributed by atoms with Gasteiger partial charge in [-0.15, -0.1) is 0 Å². The number of aromatic nitrogens is 1. The summed E-state index contributed by atoms with van der Waals surface area (Å²) >= 11 is 0. The summed E-state index contributed by atoms with van der Waals surface area (Å²) in [5.41, 5.74) is 3.31. The predicted octanol–water partition coefficient (Wildman–Crippen LogP) is 6.54. The van der Waals surface area contributed by atoms with Crippen LogP contribution in [0.2, 0.25) is 0 Å². The quantitative estimate of drug-likeness (QED) is 0.247. The van der Waals surface area contributed by atoms with Gasteiger partial charge in [-0.1, -0.05) is 54.9 Å². The average Bonchev–Trinajstić information content (AvgIpc) is 3.91. The zero-order chi connectivity index (χ0) is 30.6. The average molecular weight is 617 g/mol. The molecule has 10 heteroatoms. The van der Waals surface area contributed by atoms with Gasteiger partial charge in [0.2, 0.25) is 0 Å². The van der Waals surface area contributed by atoms with E-state index in [-0.39, 0.29) is 22.7 Å². The minimum atomic E-state index is -3.99. The first-order valence-electron chi connectivity index (χ1n) is 15.9. The van der Waals surface area contributed by atoms with Gasteiger partial charge in [0.15, 0.2) is 5.82 Å². The monoisotopic (exact) mass is 616 g/mol. The van der Waals surface area contributed by atoms with E-state index in [1.54, 1.807) is 26.0 Å². The lowest BCUT2D eigenvalue weighted by Crippen LogP contribution is -2.41. The smallest absolute Gasteiger partial charge is 0.263 e. The minimum absolute atomic E-state index is 0.144. The van der Waals surface area contributed by atoms with Crippen molar-refractivity contribution in [2.24, 2.45) is 16.8 Å². The summed E-state index contributed by atoms with van der Waals surface area (Å²) in [5, 5.41) is 3.90. The molecule has 3 saturated carbocycles. The third kappa shape index (κ3) is 5.47. The summed E-state index contributed by atoms with van der Waals surface area (Å²) < 4.78 is 41.3. The number of amides is 1. The fourth-order valence-electron chi connectivity index (χ4n) is 6.81. The Bertz CT molecular complexity index is 1730. The van der Waals surface area contributed by atoms with Gasteiger partial charge in [0, 0.05) is 17.5 Å². The lowest BCUT2D eigenvalue weighted by molar-refractivity contribution is -0.131. The van der Waals surface area contributed by atoms with E-state index in [0.717, 1.165) is 67.5 Å². The second-order valence-electron chi connectivity index (χ2n) is 13.0. The number of aliphatic imine (C=N–C) groups is 1. The van der Waals surface area contributed by atoms with E-state index in [9.17, 15) is 13.2 Å². The van der Waals surface area contributed by atoms with Crippen LogP contribution in [-0.2, 0) is 32.7 Å². The van der Waals surface area contributed by atoms with Crippen molar-refractivity contribution in [3.05, 3.63) is 64.9 Å². The zero-order valence-electron chi connectivity index (χ0n) is 25.6. The van der Waals surface area contributed by atoms with Gasteiger partial charge < -0.3 is 9.26 Å². The van der Waals surface area contributed by atoms with Crippen LogP contribution in [0.4, 0.5) is 5.82 Å². The highest BCUT2D eigenvalue weighted by Gasteiger charge is 2.61. The molecule has 3 aromatic rings. The van der Waals surface area contributed by atoms with Gasteiger partial charge in [0.05, 0.1) is 24.2 Å². The lowest BCUT2D eigenvalue weighted by atomic mass is 9.93. The topological polar surface area (TPSA) is 114 Å². The highest BCUT2D eigenvalue weighted by atomic mass is 32.2. The van der Waals surface area contributed by atoms with Gasteiger partial charge in [-0.2, -0.15) is 0 Å². The molecule has 1 N–H and O–H groups in total. The van der Waals surface area contributed by atoms with Gasteiger partial charge in [-0.25, -0.2) is 8.42 Å². The number of hydrogen-bond donors (Lipinski definition) is 1. The molecule has 2 unspecified atom stereocenters. The Morgan fingerprint density at radius 2 is 1.86 bits per heavy atom. The second kappa shape index (κ2) is 11.1. The van der Waals surface area contributed by atoms with Crippen LogP contribution in [0.1, 0.15) is 80.7 Å². The standard InChI is InChI=1S/C34H40N4O5S/c1-4-5-10-31-35-34(17-24-16-25(24)18-34)33(39)38(31)19-23-11-14-28(26(15-23)20-42-27-12-13-27)29-8-6-7-9-30(29)44(40,41)37-32-21(2)22(3)43-36-32/h6-9,11,14-15,24-25,27H,4-5,10,12-13,16-20H2,1-3H3,(H,36,37)/t24-,25?,34?/m1/s1. The van der Waals surface area contributed by atoms with Crippen molar-refractivity contribution in [3.63, 3.8) is 0 Å². The maximum atomic E-state index is 13.9. The first-order valence-corrected chi connectivity index (χ1v) is 17.3. The molecule has 3 fully saturated rings. The van der Waals surface area contributed by atoms with E-state index in [0.29, 0.717) is 41.9 Å². The van der Waals surface area contributed by atoms with Crippen molar-refractivity contribution in [1.29, 1.82) is 0 Å². The summed E-state index contributed by atoms with van der Waals surface area (Å²) in [7, 11) is -3.99. The Hall–Kier alpha value is -3.50. The molecule has 1 amide bonds. The fourth-order valence-corrected chi connectivity index (χ4v) is 8.09. The number of fused-ring (bicyclic) bond motifs is 1. The molecule has 7 rings (SSSR count). The minimum Gasteiger partial charge on any atom is -0.374 e. The highest BCUT2D eigenvalue weighted by molar-refractivity contribution is 7.92. The maximum Gasteiger partial charge on any atom is 0.263 e. The lowest BCUT2D eigenvalue weighted by Gasteiger charge is -2.24. The molecule has 44 heavy (non-hydrogen) atoms. The molecule has 0 radical (unpaired) electrons. The van der Waals surface area contributed by atoms with E-state index in [4.69, 9.17) is 14.3 Å². The number of carbonyl (C=O) groups excluding carboxylic acids is 1. The van der Waals surface area contributed by atoms with Crippen molar-refractivity contribution in [2.45, 2.75) is 102 Å². The summed E-state index contributed by atoms with van der Waals surface area (Å²) in [5.74, 6) is 3.11. The van der Waals surface area contributed by atoms with Crippen molar-refractivity contribution >= 4 is 27.6 Å². The number of nitrogens with zero attached hydrogens (tertiary/aromatic N) is 3. The number of hydrogen-bond acceptors (Lipinski definition) is 7. The van der Waals surface area contributed by atoms with Gasteiger partial charge in [0.25, 0.3) is 15.9 Å². The molecular weight excluding hydrogens is 576 g/mol. The number of nitrogens with one attached hydrogen (secondary N) is 1. The number of rotatable bonds is 12. The van der Waals surface area contributed by atoms with Crippen LogP contribution in [-0.4, -0.2) is 41.9 Å². The molecule has 1 aromatic heterocycles. The number of sulfonamides is 1. The first kappa shape index (κ1) is 29.2. The number of aryl methyl sites for hydroxylation is 1. The predicted molar refractivity (Wildman–Crippen MR) is 168 cm³/mol. The van der Waals surface area contributed by atoms with Crippen LogP contribution >= 0.6 is 0 Å². The molecule has 232 valence electrons. The third-order valence-corrected chi connectivity index (χ3v) is 11.1. The number of ether oxygens (including phenoxy) is 1. The summed E-state index contributed by atoms with van der Waals surface area (Å²) in [4.78, 5) is 21.1. The van der Waals surface area contributed by atoms with Gasteiger partial charge >= 0.3 is 0 Å². The van der Waals surface area contributed by atoms with Crippen molar-refractivity contribution < 1.29 is 22.5 Å². The van der Waals surface area contributed by atoms with E-state index in [1.165, 1.54) is 6.42 Å². The van der Waals surface area contributed by atoms with E-state index in [2.05, 4.69) is 22.9 Å². The Kier molecular flexibility index (Phi) is 7.40. The Balaban J connectivity index is 1.21. The molecule has 2 heterocycles. The van der Waals surface area contributed by atoms with E-state index >= 15 is 0 Å². The number of benzene rings is 2. The van der Waals surface area contributed by atoms with Crippen LogP contribution in [0.5, 0.6) is 0 Å². The molecule has 0 saturated heterocycles. The van der Waals surface area contributed by atoms with E-state index in [1.807, 2.05) is 29.2 Å². The molecule has 3 atom stereocenters. The molecular formula is C34H40N4O5S. The van der Waals surface area contributed by atoms with Crippen LogP contribution in [0, 0.1) is 25.7 Å². The van der Waals surface area contributed by atoms with E-state index < -0.39 is 15.6 Å². The second-order valence-corrected chi connectivity index (χ2v) is 14.7. The molecule has 9 nitrogen and oxygen atoms in total. The van der Waals surface area contributed by atoms with Gasteiger partial charge in [-0.05, 0) is 87.0 Å². The summed E-state index contributed by atoms with van der Waals surface area (Å²) in [6, 6.07) is 13.0. The van der Waals surface area contributed by atoms with Gasteiger partial charge in [0.1, 0.15) is 17.1 Å². The maximum absolute atomic E-state index is 13.9. The normalized spacial score (nSPS) is 24.2. The van der Waals surface area contributed by atoms with Crippen LogP contribution < -0.4 is 4.72 Å². The van der Waals surface area contributed by atoms with Gasteiger partial charge in [-0.3, -0.25) is 19.4 Å². The number of anilines is 1. The highest BCUT2D eigenvalue weighted by Crippen LogP contribution is 2.59. The SMILES string of the molecule is CCCCC1=NC2(CC3C[C@@H]3C2)C(=O)N1Cc1ccc(-c2ccccc2S(=O)(=O)Nc2noc(C)c2C)c(COC2CC2)c1. The molecule has 3 aliphatic carbocycles. The largest absolute Gasteiger partial charge is 0.374 e. The Morgan fingerprint density at radius 3 is 2.57 bits per heavy atom. The van der Waals surface area contributed by atoms with Crippen LogP contribution in [0.3, 0.4) is 0 Å². The number of amidine groups is 1. The molecule has 4 aliphatic rings. The fraction of sp³-hybridized carbons (Fsp3) is 0.500. The zero-order valence-corrected chi connectivity index (χ0v) is 26.5. The molecule has 0 bridgehead atoms. The number of carbonyl (C=O) groups is 1. The van der Waals surface area contributed by atoms with Crippen LogP contribution in [0.25, 0.3) is 11.1 Å². The summed E-state index contributed by atoms with van der Waals surface area (Å²) in [6.45, 7) is 6.47. The van der Waals surface area contributed by atoms with Crippen molar-refractivity contribution in [1.82, 2.24) is 10.1 Å². The molecule has 1 aliphatic heterocycles.